The van der Waals surface area contributed by atoms with Crippen LogP contribution in [0.1, 0.15) is 30.6 Å². The second-order valence-corrected chi connectivity index (χ2v) is 5.53. The Bertz CT molecular complexity index is 521. The van der Waals surface area contributed by atoms with Gasteiger partial charge in [0, 0.05) is 12.2 Å². The number of nitrogens with two attached hydrogens (primary N) is 2. The molecular formula is C14H20ClN3O2. The van der Waals surface area contributed by atoms with Crippen molar-refractivity contribution in [3.05, 3.63) is 22.7 Å². The smallest absolute Gasteiger partial charge is 0.250 e. The van der Waals surface area contributed by atoms with Crippen molar-refractivity contribution in [1.82, 2.24) is 0 Å². The molecular weight excluding hydrogens is 278 g/mol. The van der Waals surface area contributed by atoms with Gasteiger partial charge in [-0.25, -0.2) is 0 Å². The molecule has 20 heavy (non-hydrogen) atoms. The molecule has 1 amide bonds. The molecule has 0 aliphatic carbocycles. The molecule has 1 aliphatic rings. The summed E-state index contributed by atoms with van der Waals surface area (Å²) < 4.78 is 5.67. The number of benzene rings is 1. The first-order chi connectivity index (χ1) is 9.43. The number of halogens is 1. The second-order valence-electron chi connectivity index (χ2n) is 5.12. The summed E-state index contributed by atoms with van der Waals surface area (Å²) in [6.45, 7) is 5.35. The van der Waals surface area contributed by atoms with E-state index in [2.05, 4.69) is 11.8 Å². The van der Waals surface area contributed by atoms with Gasteiger partial charge in [0.15, 0.2) is 0 Å². The summed E-state index contributed by atoms with van der Waals surface area (Å²) in [5, 5.41) is 0.450. The van der Waals surface area contributed by atoms with E-state index < -0.39 is 5.91 Å². The quantitative estimate of drug-likeness (QED) is 0.836. The van der Waals surface area contributed by atoms with Crippen molar-refractivity contribution in [1.29, 1.82) is 0 Å². The average Bonchev–Trinajstić information content (AvgIpc) is 2.37. The van der Waals surface area contributed by atoms with Gasteiger partial charge in [-0.3, -0.25) is 4.79 Å². The van der Waals surface area contributed by atoms with E-state index in [1.807, 2.05) is 6.92 Å². The number of primary amides is 1. The fourth-order valence-electron chi connectivity index (χ4n) is 2.56. The summed E-state index contributed by atoms with van der Waals surface area (Å²) in [7, 11) is 0. The van der Waals surface area contributed by atoms with E-state index in [1.54, 1.807) is 12.1 Å². The largest absolute Gasteiger partial charge is 0.399 e. The summed E-state index contributed by atoms with van der Waals surface area (Å²) in [4.78, 5) is 13.8. The summed E-state index contributed by atoms with van der Waals surface area (Å²) in [5.41, 5.74) is 12.7. The van der Waals surface area contributed by atoms with Gasteiger partial charge in [-0.05, 0) is 25.5 Å². The van der Waals surface area contributed by atoms with Crippen LogP contribution in [0.3, 0.4) is 0 Å². The molecule has 0 radical (unpaired) electrons. The number of nitrogens with zero attached hydrogens (tertiary/aromatic N) is 1. The summed E-state index contributed by atoms with van der Waals surface area (Å²) in [6, 6.07) is 3.40. The monoisotopic (exact) mass is 297 g/mol. The van der Waals surface area contributed by atoms with Crippen LogP contribution < -0.4 is 16.4 Å². The molecule has 110 valence electrons. The molecule has 2 rings (SSSR count). The molecule has 1 aliphatic heterocycles. The fraction of sp³-hybridized carbons (Fsp3) is 0.500. The van der Waals surface area contributed by atoms with Gasteiger partial charge >= 0.3 is 0 Å². The third-order valence-corrected chi connectivity index (χ3v) is 3.87. The Morgan fingerprint density at radius 3 is 2.85 bits per heavy atom. The van der Waals surface area contributed by atoms with Gasteiger partial charge in [0.2, 0.25) is 0 Å². The predicted molar refractivity (Wildman–Crippen MR) is 81.2 cm³/mol. The van der Waals surface area contributed by atoms with Crippen LogP contribution in [0.4, 0.5) is 11.4 Å². The van der Waals surface area contributed by atoms with Gasteiger partial charge in [-0.2, -0.15) is 0 Å². The van der Waals surface area contributed by atoms with E-state index >= 15 is 0 Å². The van der Waals surface area contributed by atoms with Gasteiger partial charge < -0.3 is 21.1 Å². The molecule has 1 saturated heterocycles. The highest BCUT2D eigenvalue weighted by molar-refractivity contribution is 6.34. The molecule has 1 heterocycles. The number of morpholine rings is 1. The van der Waals surface area contributed by atoms with Crippen molar-refractivity contribution in [2.45, 2.75) is 32.4 Å². The summed E-state index contributed by atoms with van der Waals surface area (Å²) >= 11 is 6.31. The van der Waals surface area contributed by atoms with Crippen LogP contribution in [-0.4, -0.2) is 31.2 Å². The van der Waals surface area contributed by atoms with Gasteiger partial charge in [0.25, 0.3) is 5.91 Å². The SMILES string of the molecule is CCC1COC(C)CN1c1c(Cl)cc(N)cc1C(N)=O. The Hall–Kier alpha value is -1.46. The zero-order valence-corrected chi connectivity index (χ0v) is 12.5. The number of ether oxygens (including phenoxy) is 1. The van der Waals surface area contributed by atoms with Crippen LogP contribution in [0.25, 0.3) is 0 Å². The topological polar surface area (TPSA) is 81.6 Å². The Labute approximate surface area is 123 Å². The average molecular weight is 298 g/mol. The van der Waals surface area contributed by atoms with Gasteiger partial charge in [-0.15, -0.1) is 0 Å². The maximum absolute atomic E-state index is 11.7. The number of hydrogen-bond donors (Lipinski definition) is 2. The standard InChI is InChI=1S/C14H20ClN3O2/c1-3-10-7-20-8(2)6-18(10)13-11(14(17)19)4-9(16)5-12(13)15/h4-5,8,10H,3,6-7,16H2,1-2H3,(H2,17,19). The van der Waals surface area contributed by atoms with E-state index in [0.29, 0.717) is 35.1 Å². The van der Waals surface area contributed by atoms with E-state index in [1.165, 1.54) is 0 Å². The molecule has 1 fully saturated rings. The normalized spacial score (nSPS) is 22.9. The Morgan fingerprint density at radius 1 is 1.55 bits per heavy atom. The lowest BCUT2D eigenvalue weighted by Crippen LogP contribution is -2.49. The fourth-order valence-corrected chi connectivity index (χ4v) is 2.89. The summed E-state index contributed by atoms with van der Waals surface area (Å²) in [5.74, 6) is -0.525. The number of nitrogen functional groups attached to an aromatic ring is 1. The molecule has 6 heteroatoms. The molecule has 0 aromatic heterocycles. The van der Waals surface area contributed by atoms with Crippen molar-refractivity contribution in [2.75, 3.05) is 23.8 Å². The van der Waals surface area contributed by atoms with Crippen LogP contribution in [0.5, 0.6) is 0 Å². The number of anilines is 2. The Kier molecular flexibility index (Phi) is 4.40. The highest BCUT2D eigenvalue weighted by Gasteiger charge is 2.30. The Morgan fingerprint density at radius 2 is 2.25 bits per heavy atom. The van der Waals surface area contributed by atoms with E-state index in [9.17, 15) is 4.79 Å². The second kappa shape index (κ2) is 5.89. The zero-order valence-electron chi connectivity index (χ0n) is 11.7. The van der Waals surface area contributed by atoms with Crippen molar-refractivity contribution in [3.8, 4) is 0 Å². The lowest BCUT2D eigenvalue weighted by atomic mass is 10.0. The molecule has 0 spiro atoms. The number of rotatable bonds is 3. The van der Waals surface area contributed by atoms with Gasteiger partial charge in [0.05, 0.1) is 35.0 Å². The molecule has 1 aromatic rings. The maximum atomic E-state index is 11.7. The van der Waals surface area contributed by atoms with E-state index in [0.717, 1.165) is 6.42 Å². The molecule has 0 bridgehead atoms. The predicted octanol–water partition coefficient (Wildman–Crippen LogP) is 2.02. The first-order valence-electron chi connectivity index (χ1n) is 6.71. The third-order valence-electron chi connectivity index (χ3n) is 3.58. The summed E-state index contributed by atoms with van der Waals surface area (Å²) in [6.07, 6.45) is 0.971. The highest BCUT2D eigenvalue weighted by atomic mass is 35.5. The highest BCUT2D eigenvalue weighted by Crippen LogP contribution is 2.35. The molecule has 5 nitrogen and oxygen atoms in total. The van der Waals surface area contributed by atoms with Crippen LogP contribution in [0.15, 0.2) is 12.1 Å². The first kappa shape index (κ1) is 14.9. The van der Waals surface area contributed by atoms with E-state index in [-0.39, 0.29) is 12.1 Å². The lowest BCUT2D eigenvalue weighted by Gasteiger charge is -2.41. The maximum Gasteiger partial charge on any atom is 0.250 e. The number of hydrogen-bond acceptors (Lipinski definition) is 4. The number of amides is 1. The number of carbonyl (C=O) groups is 1. The molecule has 1 aromatic carbocycles. The van der Waals surface area contributed by atoms with Crippen molar-refractivity contribution in [2.24, 2.45) is 5.73 Å². The van der Waals surface area contributed by atoms with Crippen LogP contribution in [0, 0.1) is 0 Å². The van der Waals surface area contributed by atoms with Crippen molar-refractivity contribution < 1.29 is 9.53 Å². The third kappa shape index (κ3) is 2.83. The molecule has 2 atom stereocenters. The number of carbonyl (C=O) groups excluding carboxylic acids is 1. The van der Waals surface area contributed by atoms with Crippen molar-refractivity contribution in [3.63, 3.8) is 0 Å². The van der Waals surface area contributed by atoms with Crippen LogP contribution in [-0.2, 0) is 4.74 Å². The van der Waals surface area contributed by atoms with Crippen LogP contribution in [0.2, 0.25) is 5.02 Å². The minimum Gasteiger partial charge on any atom is -0.399 e. The Balaban J connectivity index is 2.51. The minimum absolute atomic E-state index is 0.0761. The lowest BCUT2D eigenvalue weighted by molar-refractivity contribution is 0.0299. The van der Waals surface area contributed by atoms with Gasteiger partial charge in [-0.1, -0.05) is 18.5 Å². The molecule has 0 saturated carbocycles. The van der Waals surface area contributed by atoms with E-state index in [4.69, 9.17) is 27.8 Å². The first-order valence-corrected chi connectivity index (χ1v) is 7.08. The molecule has 2 unspecified atom stereocenters. The molecule has 4 N–H and O–H groups in total. The zero-order chi connectivity index (χ0) is 14.9. The van der Waals surface area contributed by atoms with Crippen molar-refractivity contribution >= 4 is 28.9 Å². The van der Waals surface area contributed by atoms with Crippen LogP contribution >= 0.6 is 11.6 Å². The minimum atomic E-state index is -0.525. The van der Waals surface area contributed by atoms with Gasteiger partial charge in [0.1, 0.15) is 0 Å².